The molecule has 8 heteroatoms. The zero-order chi connectivity index (χ0) is 27.7. The van der Waals surface area contributed by atoms with E-state index >= 15 is 0 Å². The first kappa shape index (κ1) is 34.4. The molecule has 2 N–H and O–H groups in total. The maximum absolute atomic E-state index is 12.6. The Bertz CT molecular complexity index is 1050. The van der Waals surface area contributed by atoms with Crippen LogP contribution in [0.4, 0.5) is 16.2 Å². The summed E-state index contributed by atoms with van der Waals surface area (Å²) in [5, 5.41) is 8.39. The molecule has 0 bridgehead atoms. The lowest BCUT2D eigenvalue weighted by Gasteiger charge is -2.19. The fourth-order valence-electron chi connectivity index (χ4n) is 4.67. The Morgan fingerprint density at radius 1 is 0.925 bits per heavy atom. The van der Waals surface area contributed by atoms with Gasteiger partial charge in [-0.15, -0.1) is 28.7 Å². The van der Waals surface area contributed by atoms with Crippen LogP contribution in [-0.2, 0) is 6.54 Å². The summed E-state index contributed by atoms with van der Waals surface area (Å²) in [6.07, 6.45) is 15.9. The van der Waals surface area contributed by atoms with Crippen LogP contribution in [0.5, 0.6) is 5.75 Å². The van der Waals surface area contributed by atoms with Gasteiger partial charge in [0.15, 0.2) is 0 Å². The molecule has 0 atom stereocenters. The topological polar surface area (TPSA) is 53.6 Å². The van der Waals surface area contributed by atoms with Gasteiger partial charge < -0.3 is 20.3 Å². The largest absolute Gasteiger partial charge is 0.494 e. The molecule has 0 fully saturated rings. The lowest BCUT2D eigenvalue weighted by atomic mass is 10.1. The van der Waals surface area contributed by atoms with Gasteiger partial charge in [-0.25, -0.2) is 4.79 Å². The molecule has 222 valence electrons. The van der Waals surface area contributed by atoms with Crippen molar-refractivity contribution in [2.45, 2.75) is 97.4 Å². The van der Waals surface area contributed by atoms with Gasteiger partial charge in [0.2, 0.25) is 0 Å². The highest BCUT2D eigenvalue weighted by Crippen LogP contribution is 2.28. The van der Waals surface area contributed by atoms with Gasteiger partial charge in [0.1, 0.15) is 5.75 Å². The molecule has 0 saturated carbocycles. The molecule has 3 rings (SSSR count). The van der Waals surface area contributed by atoms with Gasteiger partial charge in [0.05, 0.1) is 23.2 Å². The molecule has 0 spiro atoms. The zero-order valence-electron chi connectivity index (χ0n) is 24.2. The number of unbranched alkanes of at least 4 members (excludes halogenated alkanes) is 11. The quantitative estimate of drug-likeness (QED) is 0.157. The van der Waals surface area contributed by atoms with E-state index in [0.29, 0.717) is 17.3 Å². The van der Waals surface area contributed by atoms with Gasteiger partial charge >= 0.3 is 6.03 Å². The fourth-order valence-corrected chi connectivity index (χ4v) is 5.82. The van der Waals surface area contributed by atoms with Crippen molar-refractivity contribution in [1.82, 2.24) is 4.90 Å². The Morgan fingerprint density at radius 2 is 1.60 bits per heavy atom. The normalized spacial score (nSPS) is 12.6. The van der Waals surface area contributed by atoms with Crippen molar-refractivity contribution in [3.8, 4) is 5.75 Å². The number of hydrogen-bond donors (Lipinski definition) is 2. The molecular formula is C32H47BrClN3O2S. The number of urea groups is 1. The number of amides is 2. The number of allylic oxidation sites excluding steroid dienone is 1. The Kier molecular flexibility index (Phi) is 17.3. The monoisotopic (exact) mass is 651 g/mol. The van der Waals surface area contributed by atoms with Crippen molar-refractivity contribution < 1.29 is 9.53 Å². The van der Waals surface area contributed by atoms with E-state index in [4.69, 9.17) is 16.3 Å². The predicted octanol–water partition coefficient (Wildman–Crippen LogP) is 11.0. The lowest BCUT2D eigenvalue weighted by Crippen LogP contribution is -2.20. The van der Waals surface area contributed by atoms with Crippen LogP contribution in [-0.4, -0.2) is 23.4 Å². The minimum atomic E-state index is -0.327. The second-order valence-electron chi connectivity index (χ2n) is 10.4. The molecule has 0 saturated heterocycles. The number of ether oxygens (including phenoxy) is 1. The number of halogens is 2. The second kappa shape index (κ2) is 20.1. The smallest absolute Gasteiger partial charge is 0.323 e. The van der Waals surface area contributed by atoms with E-state index in [1.54, 1.807) is 23.9 Å². The summed E-state index contributed by atoms with van der Waals surface area (Å²) >= 11 is 8.24. The van der Waals surface area contributed by atoms with Gasteiger partial charge in [0, 0.05) is 24.0 Å². The van der Waals surface area contributed by atoms with E-state index in [2.05, 4.69) is 40.9 Å². The van der Waals surface area contributed by atoms with Gasteiger partial charge in [-0.2, -0.15) is 0 Å². The van der Waals surface area contributed by atoms with E-state index < -0.39 is 0 Å². The van der Waals surface area contributed by atoms with E-state index in [9.17, 15) is 4.79 Å². The summed E-state index contributed by atoms with van der Waals surface area (Å²) < 4.78 is 5.89. The first-order chi connectivity index (χ1) is 19.0. The third kappa shape index (κ3) is 13.2. The Hall–Kier alpha value is -1.83. The molecule has 1 aliphatic heterocycles. The Morgan fingerprint density at radius 3 is 2.23 bits per heavy atom. The van der Waals surface area contributed by atoms with Crippen molar-refractivity contribution in [3.63, 3.8) is 0 Å². The summed E-state index contributed by atoms with van der Waals surface area (Å²) in [5.41, 5.74) is 3.72. The molecule has 1 aliphatic rings. The first-order valence-corrected chi connectivity index (χ1v) is 16.1. The predicted molar refractivity (Wildman–Crippen MR) is 179 cm³/mol. The number of anilines is 2. The van der Waals surface area contributed by atoms with Crippen LogP contribution in [0.3, 0.4) is 0 Å². The molecule has 0 aliphatic carbocycles. The van der Waals surface area contributed by atoms with Crippen LogP contribution in [0.1, 0.15) is 96.5 Å². The second-order valence-corrected chi connectivity index (χ2v) is 11.6. The van der Waals surface area contributed by atoms with Crippen LogP contribution >= 0.6 is 40.3 Å². The molecule has 0 aromatic heterocycles. The first-order valence-electron chi connectivity index (χ1n) is 14.7. The average Bonchev–Trinajstić information content (AvgIpc) is 3.32. The SMILES string of the molecule is Br.CCCCCCCCCCCCCCOc1ccc(NC(=O)Nc2cccc(CN3CSC=C3C)c2)c(Cl)c1. The highest BCUT2D eigenvalue weighted by atomic mass is 79.9. The Balaban J connectivity index is 0.00000560. The molecule has 2 aromatic carbocycles. The van der Waals surface area contributed by atoms with Gasteiger partial charge in [-0.3, -0.25) is 0 Å². The van der Waals surface area contributed by atoms with Gasteiger partial charge in [-0.1, -0.05) is 101 Å². The summed E-state index contributed by atoms with van der Waals surface area (Å²) in [6.45, 7) is 5.89. The minimum absolute atomic E-state index is 0. The zero-order valence-corrected chi connectivity index (χ0v) is 27.5. The average molecular weight is 653 g/mol. The van der Waals surface area contributed by atoms with Crippen molar-refractivity contribution in [3.05, 3.63) is 64.2 Å². The van der Waals surface area contributed by atoms with Crippen molar-refractivity contribution >= 4 is 57.8 Å². The number of nitrogens with one attached hydrogen (secondary N) is 2. The Labute approximate surface area is 261 Å². The molecule has 40 heavy (non-hydrogen) atoms. The third-order valence-corrected chi connectivity index (χ3v) is 8.28. The molecule has 0 radical (unpaired) electrons. The van der Waals surface area contributed by atoms with Crippen molar-refractivity contribution in [1.29, 1.82) is 0 Å². The van der Waals surface area contributed by atoms with E-state index in [1.807, 2.05) is 24.3 Å². The summed E-state index contributed by atoms with van der Waals surface area (Å²) in [5.74, 6) is 1.69. The van der Waals surface area contributed by atoms with Crippen LogP contribution in [0.2, 0.25) is 5.02 Å². The number of rotatable bonds is 18. The highest BCUT2D eigenvalue weighted by molar-refractivity contribution is 8.93. The number of nitrogens with zero attached hydrogens (tertiary/aromatic N) is 1. The summed E-state index contributed by atoms with van der Waals surface area (Å²) in [7, 11) is 0. The van der Waals surface area contributed by atoms with Crippen molar-refractivity contribution in [2.75, 3.05) is 23.1 Å². The van der Waals surface area contributed by atoms with Crippen LogP contribution < -0.4 is 15.4 Å². The summed E-state index contributed by atoms with van der Waals surface area (Å²) in [4.78, 5) is 14.9. The van der Waals surface area contributed by atoms with Crippen LogP contribution in [0.25, 0.3) is 0 Å². The number of benzene rings is 2. The molecule has 2 aromatic rings. The number of hydrogen-bond acceptors (Lipinski definition) is 4. The fraction of sp³-hybridized carbons (Fsp3) is 0.531. The third-order valence-electron chi connectivity index (χ3n) is 7.00. The maximum Gasteiger partial charge on any atom is 0.323 e. The number of carbonyl (C=O) groups is 1. The molecule has 1 heterocycles. The molecule has 0 unspecified atom stereocenters. The van der Waals surface area contributed by atoms with Crippen LogP contribution in [0.15, 0.2) is 53.6 Å². The maximum atomic E-state index is 12.6. The van der Waals surface area contributed by atoms with E-state index in [-0.39, 0.29) is 23.0 Å². The summed E-state index contributed by atoms with van der Waals surface area (Å²) in [6, 6.07) is 13.0. The molecule has 5 nitrogen and oxygen atoms in total. The standard InChI is InChI=1S/C32H46ClN3O2S.BrH/c1-3-4-5-6-7-8-9-10-11-12-13-14-20-38-29-18-19-31(30(33)22-29)35-32(37)34-28-17-15-16-27(21-28)23-36-25-39-24-26(36)2;/h15-19,21-22,24H,3-14,20,23,25H2,1-2H3,(H2,34,35,37);1H. The minimum Gasteiger partial charge on any atom is -0.494 e. The molecular weight excluding hydrogens is 606 g/mol. The van der Waals surface area contributed by atoms with Gasteiger partial charge in [-0.05, 0) is 48.6 Å². The van der Waals surface area contributed by atoms with E-state index in [1.165, 1.54) is 76.3 Å². The highest BCUT2D eigenvalue weighted by Gasteiger charge is 2.13. The van der Waals surface area contributed by atoms with Crippen LogP contribution in [0, 0.1) is 0 Å². The van der Waals surface area contributed by atoms with Crippen molar-refractivity contribution in [2.24, 2.45) is 0 Å². The number of carbonyl (C=O) groups excluding carboxylic acids is 1. The van der Waals surface area contributed by atoms with Gasteiger partial charge in [0.25, 0.3) is 0 Å². The number of thioether (sulfide) groups is 1. The van der Waals surface area contributed by atoms with E-state index in [0.717, 1.165) is 35.8 Å². The molecule has 2 amide bonds. The lowest BCUT2D eigenvalue weighted by molar-refractivity contribution is 0.262.